The van der Waals surface area contributed by atoms with Gasteiger partial charge < -0.3 is 28.9 Å². The topological polar surface area (TPSA) is 68.3 Å². The summed E-state index contributed by atoms with van der Waals surface area (Å²) in [5.41, 5.74) is 5.52. The Morgan fingerprint density at radius 2 is 1.78 bits per heavy atom. The number of fused-ring (bicyclic) bond motifs is 5. The molecule has 0 atom stereocenters. The maximum atomic E-state index is 5.96. The Hall–Kier alpha value is -3.63. The molecule has 0 radical (unpaired) electrons. The molecule has 0 bridgehead atoms. The molecule has 1 heterocycles. The van der Waals surface area contributed by atoms with Gasteiger partial charge in [-0.05, 0) is 44.4 Å². The van der Waals surface area contributed by atoms with Gasteiger partial charge in [0.1, 0.15) is 24.7 Å². The van der Waals surface area contributed by atoms with E-state index in [4.69, 9.17) is 25.5 Å². The zero-order valence-electron chi connectivity index (χ0n) is 18.8. The van der Waals surface area contributed by atoms with Gasteiger partial charge in [0.2, 0.25) is 0 Å². The number of aromatic amines is 1. The van der Waals surface area contributed by atoms with Crippen molar-refractivity contribution in [1.82, 2.24) is 9.88 Å². The van der Waals surface area contributed by atoms with Crippen LogP contribution in [0.2, 0.25) is 0 Å². The highest BCUT2D eigenvalue weighted by molar-refractivity contribution is 6.30. The number of nitrogens with zero attached hydrogens (tertiary/aromatic N) is 2. The highest BCUT2D eigenvalue weighted by atomic mass is 16.6. The van der Waals surface area contributed by atoms with Crippen LogP contribution in [0, 0.1) is 12.3 Å². The number of hydrogen-bond donors (Lipinski definition) is 1. The van der Waals surface area contributed by atoms with Gasteiger partial charge in [0.05, 0.1) is 19.9 Å². The fourth-order valence-electron chi connectivity index (χ4n) is 3.78. The molecule has 4 rings (SSSR count). The summed E-state index contributed by atoms with van der Waals surface area (Å²) >= 11 is 0. The molecule has 0 amide bonds. The number of rotatable bonds is 9. The van der Waals surface area contributed by atoms with E-state index in [0.717, 1.165) is 51.3 Å². The quantitative estimate of drug-likeness (QED) is 0.246. The Balaban J connectivity index is 1.81. The summed E-state index contributed by atoms with van der Waals surface area (Å²) in [6.07, 6.45) is 5.83. The molecule has 1 aromatic heterocycles. The minimum atomic E-state index is 0.346. The zero-order valence-corrected chi connectivity index (χ0v) is 18.8. The van der Waals surface area contributed by atoms with Crippen molar-refractivity contribution in [2.45, 2.75) is 6.42 Å². The molecule has 7 nitrogen and oxygen atoms in total. The second-order valence-corrected chi connectivity index (χ2v) is 7.71. The van der Waals surface area contributed by atoms with Crippen molar-refractivity contribution in [2.75, 3.05) is 48.1 Å². The van der Waals surface area contributed by atoms with Crippen molar-refractivity contribution in [3.63, 3.8) is 0 Å². The fourth-order valence-corrected chi connectivity index (χ4v) is 3.78. The standard InChI is InChI=1S/C25H27N3O4/c1-6-7-11-32-27-25-18-15-22(30-5)21(29-4)14-17(18)24-23(25)19-13-16(8-9-20(19)26-24)31-12-10-28(2)3/h1,8-9,13-15,26H,7,10-12H2,2-5H3/b27-25-. The Morgan fingerprint density at radius 1 is 1.03 bits per heavy atom. The molecular weight excluding hydrogens is 406 g/mol. The summed E-state index contributed by atoms with van der Waals surface area (Å²) in [7, 11) is 7.29. The normalized spacial score (nSPS) is 13.2. The third kappa shape index (κ3) is 3.97. The number of hydrogen-bond acceptors (Lipinski definition) is 6. The summed E-state index contributed by atoms with van der Waals surface area (Å²) in [6, 6.07) is 9.92. The van der Waals surface area contributed by atoms with Crippen molar-refractivity contribution < 1.29 is 19.0 Å². The summed E-state index contributed by atoms with van der Waals surface area (Å²) in [5, 5.41) is 5.48. The van der Waals surface area contributed by atoms with Crippen LogP contribution in [-0.2, 0) is 4.84 Å². The first kappa shape index (κ1) is 21.6. The van der Waals surface area contributed by atoms with Crippen LogP contribution in [-0.4, -0.2) is 63.7 Å². The van der Waals surface area contributed by atoms with Gasteiger partial charge in [0, 0.05) is 40.6 Å². The highest BCUT2D eigenvalue weighted by Gasteiger charge is 2.32. The summed E-state index contributed by atoms with van der Waals surface area (Å²) in [4.78, 5) is 11.2. The third-order valence-electron chi connectivity index (χ3n) is 5.36. The fraction of sp³-hybridized carbons (Fsp3) is 0.320. The van der Waals surface area contributed by atoms with E-state index in [0.29, 0.717) is 31.1 Å². The molecule has 32 heavy (non-hydrogen) atoms. The summed E-state index contributed by atoms with van der Waals surface area (Å²) in [6.45, 7) is 1.79. The molecule has 7 heteroatoms. The van der Waals surface area contributed by atoms with Gasteiger partial charge in [-0.2, -0.15) is 0 Å². The summed E-state index contributed by atoms with van der Waals surface area (Å²) < 4.78 is 17.0. The van der Waals surface area contributed by atoms with Crippen molar-refractivity contribution >= 4 is 16.6 Å². The van der Waals surface area contributed by atoms with Crippen LogP contribution >= 0.6 is 0 Å². The number of nitrogens with one attached hydrogen (secondary N) is 1. The largest absolute Gasteiger partial charge is 0.493 e. The molecule has 2 aromatic carbocycles. The average Bonchev–Trinajstić information content (AvgIpc) is 3.30. The number of benzene rings is 2. The number of likely N-dealkylation sites (N-methyl/N-ethyl adjacent to an activating group) is 1. The van der Waals surface area contributed by atoms with Crippen LogP contribution in [0.4, 0.5) is 0 Å². The van der Waals surface area contributed by atoms with Gasteiger partial charge in [0.15, 0.2) is 11.5 Å². The lowest BCUT2D eigenvalue weighted by molar-refractivity contribution is 0.151. The average molecular weight is 434 g/mol. The van der Waals surface area contributed by atoms with E-state index in [1.54, 1.807) is 14.2 Å². The van der Waals surface area contributed by atoms with Gasteiger partial charge in [0.25, 0.3) is 0 Å². The van der Waals surface area contributed by atoms with Crippen molar-refractivity contribution in [2.24, 2.45) is 5.16 Å². The predicted molar refractivity (Wildman–Crippen MR) is 126 cm³/mol. The maximum absolute atomic E-state index is 5.96. The van der Waals surface area contributed by atoms with E-state index in [1.165, 1.54) is 0 Å². The first-order valence-electron chi connectivity index (χ1n) is 10.4. The summed E-state index contributed by atoms with van der Waals surface area (Å²) in [5.74, 6) is 4.65. The molecule has 1 aliphatic rings. The van der Waals surface area contributed by atoms with Crippen LogP contribution in [0.5, 0.6) is 17.2 Å². The zero-order chi connectivity index (χ0) is 22.7. The van der Waals surface area contributed by atoms with Crippen LogP contribution in [0.15, 0.2) is 35.5 Å². The Labute approximate surface area is 187 Å². The van der Waals surface area contributed by atoms with Gasteiger partial charge >= 0.3 is 0 Å². The second kappa shape index (κ2) is 9.25. The first-order chi connectivity index (χ1) is 15.6. The number of methoxy groups -OCH3 is 2. The molecule has 0 aliphatic heterocycles. The predicted octanol–water partition coefficient (Wildman–Crippen LogP) is 3.90. The lowest BCUT2D eigenvalue weighted by atomic mass is 10.1. The third-order valence-corrected chi connectivity index (χ3v) is 5.36. The SMILES string of the molecule is C#CCCO/N=C1/c2cc(OC)c(OC)cc2-c2[nH]c3ccc(OCCN(C)C)cc3c21. The van der Waals surface area contributed by atoms with E-state index in [-0.39, 0.29) is 0 Å². The smallest absolute Gasteiger partial charge is 0.161 e. The van der Waals surface area contributed by atoms with E-state index >= 15 is 0 Å². The van der Waals surface area contributed by atoms with Crippen LogP contribution in [0.3, 0.4) is 0 Å². The molecule has 0 spiro atoms. The second-order valence-electron chi connectivity index (χ2n) is 7.71. The van der Waals surface area contributed by atoms with Gasteiger partial charge in [-0.15, -0.1) is 12.3 Å². The number of aromatic nitrogens is 1. The molecule has 166 valence electrons. The number of terminal acetylenes is 1. The minimum Gasteiger partial charge on any atom is -0.493 e. The monoisotopic (exact) mass is 433 g/mol. The highest BCUT2D eigenvalue weighted by Crippen LogP contribution is 2.45. The number of H-pyrrole nitrogens is 1. The van der Waals surface area contributed by atoms with Crippen molar-refractivity contribution in [1.29, 1.82) is 0 Å². The van der Waals surface area contributed by atoms with E-state index in [9.17, 15) is 0 Å². The molecular formula is C25H27N3O4. The van der Waals surface area contributed by atoms with E-state index < -0.39 is 0 Å². The number of oxime groups is 1. The Morgan fingerprint density at radius 3 is 2.47 bits per heavy atom. The van der Waals surface area contributed by atoms with E-state index in [2.05, 4.69) is 21.0 Å². The lowest BCUT2D eigenvalue weighted by Crippen LogP contribution is -2.19. The number of ether oxygens (including phenoxy) is 3. The van der Waals surface area contributed by atoms with Gasteiger partial charge in [-0.3, -0.25) is 0 Å². The Bertz CT molecular complexity index is 1200. The first-order valence-corrected chi connectivity index (χ1v) is 10.4. The molecule has 1 aliphatic carbocycles. The van der Waals surface area contributed by atoms with Crippen LogP contribution < -0.4 is 14.2 Å². The Kier molecular flexibility index (Phi) is 6.24. The molecule has 3 aromatic rings. The molecule has 0 saturated carbocycles. The van der Waals surface area contributed by atoms with Crippen molar-refractivity contribution in [3.8, 4) is 40.8 Å². The lowest BCUT2D eigenvalue weighted by Gasteiger charge is -2.12. The van der Waals surface area contributed by atoms with E-state index in [1.807, 2.05) is 44.4 Å². The van der Waals surface area contributed by atoms with Crippen LogP contribution in [0.25, 0.3) is 22.2 Å². The maximum Gasteiger partial charge on any atom is 0.161 e. The molecule has 0 fully saturated rings. The van der Waals surface area contributed by atoms with Gasteiger partial charge in [-0.25, -0.2) is 0 Å². The van der Waals surface area contributed by atoms with Crippen molar-refractivity contribution in [3.05, 3.63) is 41.5 Å². The molecule has 1 N–H and O–H groups in total. The van der Waals surface area contributed by atoms with Crippen LogP contribution in [0.1, 0.15) is 17.5 Å². The minimum absolute atomic E-state index is 0.346. The van der Waals surface area contributed by atoms with Gasteiger partial charge in [-0.1, -0.05) is 5.16 Å². The molecule has 0 unspecified atom stereocenters. The molecule has 0 saturated heterocycles.